The number of piperidine rings is 1. The molecule has 0 saturated carbocycles. The summed E-state index contributed by atoms with van der Waals surface area (Å²) >= 11 is 0. The maximum Gasteiger partial charge on any atom is 0.238 e. The number of hydrogen-bond donors (Lipinski definition) is 2. The Bertz CT molecular complexity index is 1070. The van der Waals surface area contributed by atoms with Gasteiger partial charge in [0.1, 0.15) is 16.9 Å². The molecule has 170 valence electrons. The van der Waals surface area contributed by atoms with Crippen molar-refractivity contribution in [2.24, 2.45) is 0 Å². The van der Waals surface area contributed by atoms with E-state index >= 15 is 0 Å². The largest absolute Gasteiger partial charge is 0.457 e. The first-order valence-corrected chi connectivity index (χ1v) is 11.1. The normalized spacial score (nSPS) is 18.3. The summed E-state index contributed by atoms with van der Waals surface area (Å²) in [4.78, 5) is 32.1. The van der Waals surface area contributed by atoms with Crippen molar-refractivity contribution >= 4 is 17.5 Å². The fourth-order valence-corrected chi connectivity index (χ4v) is 4.31. The number of anilines is 1. The molecule has 33 heavy (non-hydrogen) atoms. The number of likely N-dealkylation sites (N-methyl/N-ethyl adjacent to an activating group) is 1. The SMILES string of the molecule is CNC(=O)[C@]1(c2ccccn2)CCCN(CC(=O)Nc2ccc(Oc3ccccc3)cc2)C1. The molecule has 0 radical (unpaired) electrons. The van der Waals surface area contributed by atoms with Gasteiger partial charge in [-0.3, -0.25) is 19.5 Å². The van der Waals surface area contributed by atoms with Gasteiger partial charge in [-0.15, -0.1) is 0 Å². The van der Waals surface area contributed by atoms with Gasteiger partial charge in [-0.05, 0) is 67.9 Å². The monoisotopic (exact) mass is 444 g/mol. The zero-order valence-electron chi connectivity index (χ0n) is 18.7. The summed E-state index contributed by atoms with van der Waals surface area (Å²) in [5.74, 6) is 1.26. The molecule has 0 spiro atoms. The smallest absolute Gasteiger partial charge is 0.238 e. The van der Waals surface area contributed by atoms with Gasteiger partial charge in [0, 0.05) is 25.5 Å². The first-order chi connectivity index (χ1) is 16.1. The summed E-state index contributed by atoms with van der Waals surface area (Å²) in [6.07, 6.45) is 3.21. The second-order valence-corrected chi connectivity index (χ2v) is 8.18. The van der Waals surface area contributed by atoms with E-state index in [-0.39, 0.29) is 18.4 Å². The molecule has 2 amide bonds. The van der Waals surface area contributed by atoms with E-state index in [1.54, 1.807) is 13.2 Å². The maximum atomic E-state index is 12.9. The fourth-order valence-electron chi connectivity index (χ4n) is 4.31. The number of likely N-dealkylation sites (tertiary alicyclic amines) is 1. The fraction of sp³-hybridized carbons (Fsp3) is 0.269. The molecule has 2 aromatic carbocycles. The summed E-state index contributed by atoms with van der Waals surface area (Å²) < 4.78 is 5.79. The molecule has 0 bridgehead atoms. The molecule has 1 aromatic heterocycles. The number of carbonyl (C=O) groups is 2. The van der Waals surface area contributed by atoms with Crippen LogP contribution in [0.5, 0.6) is 11.5 Å². The van der Waals surface area contributed by atoms with Crippen LogP contribution >= 0.6 is 0 Å². The van der Waals surface area contributed by atoms with Crippen LogP contribution in [-0.4, -0.2) is 48.4 Å². The Balaban J connectivity index is 1.38. The molecule has 3 aromatic rings. The topological polar surface area (TPSA) is 83.6 Å². The lowest BCUT2D eigenvalue weighted by atomic mass is 9.75. The molecular weight excluding hydrogens is 416 g/mol. The molecule has 7 heteroatoms. The summed E-state index contributed by atoms with van der Waals surface area (Å²) in [6, 6.07) is 22.4. The van der Waals surface area contributed by atoms with E-state index < -0.39 is 5.41 Å². The number of aromatic nitrogens is 1. The molecule has 1 aliphatic heterocycles. The van der Waals surface area contributed by atoms with Gasteiger partial charge < -0.3 is 15.4 Å². The molecule has 1 aliphatic rings. The number of para-hydroxylation sites is 1. The van der Waals surface area contributed by atoms with Crippen molar-refractivity contribution in [1.29, 1.82) is 0 Å². The minimum atomic E-state index is -0.759. The van der Waals surface area contributed by atoms with Gasteiger partial charge in [-0.2, -0.15) is 0 Å². The van der Waals surface area contributed by atoms with Gasteiger partial charge in [0.25, 0.3) is 0 Å². The number of benzene rings is 2. The molecule has 1 atom stereocenters. The Morgan fingerprint density at radius 1 is 1.00 bits per heavy atom. The standard InChI is InChI=1S/C26H28N4O3/c1-27-25(32)26(23-10-5-6-16-28-23)15-7-17-30(19-26)18-24(31)29-20-11-13-22(14-12-20)33-21-8-3-2-4-9-21/h2-6,8-14,16H,7,15,17-19H2,1H3,(H,27,32)(H,29,31)/t26-/m1/s1. The predicted octanol–water partition coefficient (Wildman–Crippen LogP) is 3.59. The average molecular weight is 445 g/mol. The lowest BCUT2D eigenvalue weighted by Gasteiger charge is -2.40. The van der Waals surface area contributed by atoms with E-state index in [0.717, 1.165) is 24.4 Å². The van der Waals surface area contributed by atoms with E-state index in [9.17, 15) is 9.59 Å². The van der Waals surface area contributed by atoms with Crippen molar-refractivity contribution in [3.63, 3.8) is 0 Å². The number of pyridine rings is 1. The molecule has 2 heterocycles. The average Bonchev–Trinajstić information content (AvgIpc) is 2.86. The van der Waals surface area contributed by atoms with E-state index in [4.69, 9.17) is 4.74 Å². The van der Waals surface area contributed by atoms with Gasteiger partial charge in [-0.1, -0.05) is 24.3 Å². The number of rotatable bonds is 7. The van der Waals surface area contributed by atoms with Gasteiger partial charge >= 0.3 is 0 Å². The molecule has 0 aliphatic carbocycles. The summed E-state index contributed by atoms with van der Waals surface area (Å²) in [6.45, 7) is 1.40. The van der Waals surface area contributed by atoms with Crippen molar-refractivity contribution in [3.8, 4) is 11.5 Å². The second-order valence-electron chi connectivity index (χ2n) is 8.18. The van der Waals surface area contributed by atoms with Crippen LogP contribution in [0.2, 0.25) is 0 Å². The highest BCUT2D eigenvalue weighted by atomic mass is 16.5. The third-order valence-corrected chi connectivity index (χ3v) is 5.87. The predicted molar refractivity (Wildman–Crippen MR) is 127 cm³/mol. The molecular formula is C26H28N4O3. The lowest BCUT2D eigenvalue weighted by Crippen LogP contribution is -2.55. The number of carbonyl (C=O) groups excluding carboxylic acids is 2. The van der Waals surface area contributed by atoms with Crippen LogP contribution in [0.25, 0.3) is 0 Å². The van der Waals surface area contributed by atoms with Crippen molar-refractivity contribution in [3.05, 3.63) is 84.7 Å². The Morgan fingerprint density at radius 2 is 1.73 bits per heavy atom. The highest BCUT2D eigenvalue weighted by Gasteiger charge is 2.44. The highest BCUT2D eigenvalue weighted by molar-refractivity contribution is 5.92. The summed E-state index contributed by atoms with van der Waals surface area (Å²) in [5.41, 5.74) is 0.675. The zero-order valence-corrected chi connectivity index (χ0v) is 18.7. The first-order valence-electron chi connectivity index (χ1n) is 11.1. The van der Waals surface area contributed by atoms with E-state index in [0.29, 0.717) is 24.4 Å². The van der Waals surface area contributed by atoms with Crippen molar-refractivity contribution < 1.29 is 14.3 Å². The number of nitrogens with one attached hydrogen (secondary N) is 2. The van der Waals surface area contributed by atoms with Crippen molar-refractivity contribution in [2.45, 2.75) is 18.3 Å². The van der Waals surface area contributed by atoms with Gasteiger partial charge in [-0.25, -0.2) is 0 Å². The molecule has 4 rings (SSSR count). The van der Waals surface area contributed by atoms with Gasteiger partial charge in [0.05, 0.1) is 12.2 Å². The Hall–Kier alpha value is -3.71. The summed E-state index contributed by atoms with van der Waals surface area (Å²) in [7, 11) is 1.64. The van der Waals surface area contributed by atoms with Crippen LogP contribution in [0.3, 0.4) is 0 Å². The minimum absolute atomic E-state index is 0.0692. The van der Waals surface area contributed by atoms with E-state index in [1.807, 2.05) is 77.7 Å². The van der Waals surface area contributed by atoms with Crippen molar-refractivity contribution in [2.75, 3.05) is 32.0 Å². The van der Waals surface area contributed by atoms with Crippen LogP contribution in [0.1, 0.15) is 18.5 Å². The number of hydrogen-bond acceptors (Lipinski definition) is 5. The number of nitrogens with zero attached hydrogens (tertiary/aromatic N) is 2. The van der Waals surface area contributed by atoms with Crippen LogP contribution in [0, 0.1) is 0 Å². The highest BCUT2D eigenvalue weighted by Crippen LogP contribution is 2.33. The van der Waals surface area contributed by atoms with E-state index in [2.05, 4.69) is 15.6 Å². The maximum absolute atomic E-state index is 12.9. The number of ether oxygens (including phenoxy) is 1. The van der Waals surface area contributed by atoms with Gasteiger partial charge in [0.2, 0.25) is 11.8 Å². The van der Waals surface area contributed by atoms with E-state index in [1.165, 1.54) is 0 Å². The van der Waals surface area contributed by atoms with Crippen molar-refractivity contribution in [1.82, 2.24) is 15.2 Å². The molecule has 1 fully saturated rings. The third kappa shape index (κ3) is 5.38. The molecule has 2 N–H and O–H groups in total. The zero-order chi connectivity index (χ0) is 23.1. The number of amides is 2. The van der Waals surface area contributed by atoms with Crippen LogP contribution in [-0.2, 0) is 15.0 Å². The van der Waals surface area contributed by atoms with Crippen LogP contribution in [0.15, 0.2) is 79.0 Å². The Morgan fingerprint density at radius 3 is 2.42 bits per heavy atom. The third-order valence-electron chi connectivity index (χ3n) is 5.87. The first kappa shape index (κ1) is 22.5. The quantitative estimate of drug-likeness (QED) is 0.582. The van der Waals surface area contributed by atoms with Gasteiger partial charge in [0.15, 0.2) is 0 Å². The molecule has 1 saturated heterocycles. The Labute approximate surface area is 193 Å². The van der Waals surface area contributed by atoms with Crippen LogP contribution in [0.4, 0.5) is 5.69 Å². The minimum Gasteiger partial charge on any atom is -0.457 e. The second kappa shape index (κ2) is 10.3. The summed E-state index contributed by atoms with van der Waals surface area (Å²) in [5, 5.41) is 5.73. The lowest BCUT2D eigenvalue weighted by molar-refractivity contribution is -0.130. The molecule has 7 nitrogen and oxygen atoms in total. The Kier molecular flexibility index (Phi) is 7.00. The molecule has 0 unspecified atom stereocenters. The van der Waals surface area contributed by atoms with Crippen LogP contribution < -0.4 is 15.4 Å².